The summed E-state index contributed by atoms with van der Waals surface area (Å²) in [6, 6.07) is 0.756. The van der Waals surface area contributed by atoms with Gasteiger partial charge in [-0.1, -0.05) is 6.58 Å². The Morgan fingerprint density at radius 1 is 1.54 bits per heavy atom. The Balaban J connectivity index is 3.21. The molecule has 0 radical (unpaired) electrons. The van der Waals surface area contributed by atoms with E-state index in [2.05, 4.69) is 11.6 Å². The third-order valence-electron chi connectivity index (χ3n) is 1.45. The van der Waals surface area contributed by atoms with Gasteiger partial charge in [0.25, 0.3) is 0 Å². The highest BCUT2D eigenvalue weighted by Crippen LogP contribution is 2.11. The van der Waals surface area contributed by atoms with Crippen LogP contribution in [0.5, 0.6) is 0 Å². The van der Waals surface area contributed by atoms with Gasteiger partial charge in [0.05, 0.1) is 11.8 Å². The standard InChI is InChI=1S/C9H7F2NO/c1-5(2)9(13)6-3-8(11)12-4-7(6)10/h3-4H,1H2,2H3. The van der Waals surface area contributed by atoms with E-state index in [0.717, 1.165) is 6.07 Å². The SMILES string of the molecule is C=C(C)C(=O)c1cc(F)ncc1F. The molecule has 0 saturated carbocycles. The van der Waals surface area contributed by atoms with E-state index < -0.39 is 17.5 Å². The fraction of sp³-hybridized carbons (Fsp3) is 0.111. The topological polar surface area (TPSA) is 30.0 Å². The predicted octanol–water partition coefficient (Wildman–Crippen LogP) is 2.12. The van der Waals surface area contributed by atoms with Crippen LogP contribution < -0.4 is 0 Å². The number of rotatable bonds is 2. The van der Waals surface area contributed by atoms with E-state index in [1.54, 1.807) is 0 Å². The monoisotopic (exact) mass is 183 g/mol. The quantitative estimate of drug-likeness (QED) is 0.399. The summed E-state index contributed by atoms with van der Waals surface area (Å²) in [6.07, 6.45) is 0.672. The molecule has 13 heavy (non-hydrogen) atoms. The number of halogens is 2. The second kappa shape index (κ2) is 3.43. The summed E-state index contributed by atoms with van der Waals surface area (Å²) in [5, 5.41) is 0. The van der Waals surface area contributed by atoms with Crippen molar-refractivity contribution >= 4 is 5.78 Å². The smallest absolute Gasteiger partial charge is 0.213 e. The molecule has 0 bridgehead atoms. The lowest BCUT2D eigenvalue weighted by molar-refractivity contribution is 0.103. The van der Waals surface area contributed by atoms with E-state index in [-0.39, 0.29) is 11.1 Å². The highest BCUT2D eigenvalue weighted by molar-refractivity contribution is 6.07. The molecule has 0 aromatic carbocycles. The first kappa shape index (κ1) is 9.51. The molecule has 0 saturated heterocycles. The molecule has 1 aromatic rings. The van der Waals surface area contributed by atoms with Gasteiger partial charge < -0.3 is 0 Å². The average molecular weight is 183 g/mol. The molecule has 0 aliphatic carbocycles. The summed E-state index contributed by atoms with van der Waals surface area (Å²) in [4.78, 5) is 14.2. The van der Waals surface area contributed by atoms with Crippen molar-refractivity contribution in [2.24, 2.45) is 0 Å². The first-order valence-electron chi connectivity index (χ1n) is 3.53. The van der Waals surface area contributed by atoms with Crippen molar-refractivity contribution in [3.63, 3.8) is 0 Å². The van der Waals surface area contributed by atoms with Crippen molar-refractivity contribution in [3.8, 4) is 0 Å². The van der Waals surface area contributed by atoms with E-state index in [1.807, 2.05) is 0 Å². The first-order valence-corrected chi connectivity index (χ1v) is 3.53. The summed E-state index contributed by atoms with van der Waals surface area (Å²) < 4.78 is 25.4. The zero-order valence-corrected chi connectivity index (χ0v) is 6.97. The van der Waals surface area contributed by atoms with Gasteiger partial charge in [0.2, 0.25) is 5.95 Å². The molecule has 0 aliphatic rings. The van der Waals surface area contributed by atoms with Gasteiger partial charge in [0.1, 0.15) is 0 Å². The highest BCUT2D eigenvalue weighted by atomic mass is 19.1. The molecular formula is C9H7F2NO. The molecule has 0 amide bonds. The third-order valence-corrected chi connectivity index (χ3v) is 1.45. The van der Waals surface area contributed by atoms with Crippen molar-refractivity contribution in [1.29, 1.82) is 0 Å². The Morgan fingerprint density at radius 3 is 2.69 bits per heavy atom. The lowest BCUT2D eigenvalue weighted by Crippen LogP contribution is -2.04. The molecule has 0 atom stereocenters. The third kappa shape index (κ3) is 1.96. The first-order chi connectivity index (χ1) is 6.02. The lowest BCUT2D eigenvalue weighted by Gasteiger charge is -2.00. The second-order valence-corrected chi connectivity index (χ2v) is 2.60. The number of ketones is 1. The van der Waals surface area contributed by atoms with Crippen molar-refractivity contribution in [1.82, 2.24) is 4.98 Å². The largest absolute Gasteiger partial charge is 0.289 e. The number of aromatic nitrogens is 1. The second-order valence-electron chi connectivity index (χ2n) is 2.60. The van der Waals surface area contributed by atoms with E-state index >= 15 is 0 Å². The maximum atomic E-state index is 12.9. The molecule has 2 nitrogen and oxygen atoms in total. The van der Waals surface area contributed by atoms with Crippen LogP contribution in [0.1, 0.15) is 17.3 Å². The van der Waals surface area contributed by atoms with E-state index in [9.17, 15) is 13.6 Å². The molecular weight excluding hydrogens is 176 g/mol. The minimum atomic E-state index is -0.883. The maximum Gasteiger partial charge on any atom is 0.213 e. The number of carbonyl (C=O) groups excluding carboxylic acids is 1. The Labute approximate surface area is 73.9 Å². The molecule has 1 aromatic heterocycles. The summed E-state index contributed by atoms with van der Waals surface area (Å²) in [5.41, 5.74) is -0.176. The van der Waals surface area contributed by atoms with E-state index in [1.165, 1.54) is 6.92 Å². The van der Waals surface area contributed by atoms with Crippen LogP contribution in [-0.4, -0.2) is 10.8 Å². The molecule has 0 fully saturated rings. The van der Waals surface area contributed by atoms with Gasteiger partial charge in [0, 0.05) is 6.07 Å². The average Bonchev–Trinajstić information content (AvgIpc) is 2.08. The number of Topliss-reactive ketones (excluding diaryl/α,β-unsaturated/α-hetero) is 1. The van der Waals surface area contributed by atoms with Crippen molar-refractivity contribution < 1.29 is 13.6 Å². The zero-order chi connectivity index (χ0) is 10.0. The molecule has 0 unspecified atom stereocenters. The predicted molar refractivity (Wildman–Crippen MR) is 43.3 cm³/mol. The van der Waals surface area contributed by atoms with Crippen LogP contribution in [0.4, 0.5) is 8.78 Å². The number of carbonyl (C=O) groups is 1. The molecule has 0 aliphatic heterocycles. The van der Waals surface area contributed by atoms with Gasteiger partial charge in [-0.3, -0.25) is 4.79 Å². The van der Waals surface area contributed by atoms with Crippen molar-refractivity contribution in [2.45, 2.75) is 6.92 Å². The fourth-order valence-corrected chi connectivity index (χ4v) is 0.817. The minimum absolute atomic E-state index is 0.157. The van der Waals surface area contributed by atoms with Crippen molar-refractivity contribution in [2.75, 3.05) is 0 Å². The zero-order valence-electron chi connectivity index (χ0n) is 6.97. The van der Waals surface area contributed by atoms with Crippen LogP contribution in [0.25, 0.3) is 0 Å². The Morgan fingerprint density at radius 2 is 2.15 bits per heavy atom. The Hall–Kier alpha value is -1.58. The molecule has 0 N–H and O–H groups in total. The van der Waals surface area contributed by atoms with Crippen LogP contribution >= 0.6 is 0 Å². The van der Waals surface area contributed by atoms with Crippen molar-refractivity contribution in [3.05, 3.63) is 41.7 Å². The van der Waals surface area contributed by atoms with Gasteiger partial charge in [0.15, 0.2) is 11.6 Å². The number of hydrogen-bond donors (Lipinski definition) is 0. The molecule has 1 heterocycles. The lowest BCUT2D eigenvalue weighted by atomic mass is 10.1. The van der Waals surface area contributed by atoms with Gasteiger partial charge >= 0.3 is 0 Å². The van der Waals surface area contributed by atoms with Gasteiger partial charge in [-0.25, -0.2) is 9.37 Å². The number of nitrogens with zero attached hydrogens (tertiary/aromatic N) is 1. The van der Waals surface area contributed by atoms with Crippen LogP contribution in [0.2, 0.25) is 0 Å². The Bertz CT molecular complexity index is 374. The Kier molecular flexibility index (Phi) is 2.51. The van der Waals surface area contributed by atoms with E-state index in [4.69, 9.17) is 0 Å². The number of hydrogen-bond acceptors (Lipinski definition) is 2. The fourth-order valence-electron chi connectivity index (χ4n) is 0.817. The maximum absolute atomic E-state index is 12.9. The summed E-state index contributed by atoms with van der Waals surface area (Å²) >= 11 is 0. The van der Waals surface area contributed by atoms with Crippen LogP contribution in [-0.2, 0) is 0 Å². The highest BCUT2D eigenvalue weighted by Gasteiger charge is 2.13. The molecule has 4 heteroatoms. The number of allylic oxidation sites excluding steroid dienone is 1. The van der Waals surface area contributed by atoms with E-state index in [0.29, 0.717) is 6.20 Å². The minimum Gasteiger partial charge on any atom is -0.289 e. The van der Waals surface area contributed by atoms with Crippen LogP contribution in [0.15, 0.2) is 24.4 Å². The van der Waals surface area contributed by atoms with Crippen LogP contribution in [0.3, 0.4) is 0 Å². The summed E-state index contributed by atoms with van der Waals surface area (Å²) in [7, 11) is 0. The van der Waals surface area contributed by atoms with Gasteiger partial charge in [-0.2, -0.15) is 4.39 Å². The normalized spacial score (nSPS) is 9.77. The molecule has 68 valence electrons. The number of pyridine rings is 1. The molecule has 1 rings (SSSR count). The van der Waals surface area contributed by atoms with Gasteiger partial charge in [-0.05, 0) is 12.5 Å². The summed E-state index contributed by atoms with van der Waals surface area (Å²) in [6.45, 7) is 4.77. The van der Waals surface area contributed by atoms with Gasteiger partial charge in [-0.15, -0.1) is 0 Å². The molecule has 0 spiro atoms. The summed E-state index contributed by atoms with van der Waals surface area (Å²) in [5.74, 6) is -2.33. The van der Waals surface area contributed by atoms with Crippen LogP contribution in [0, 0.1) is 11.8 Å².